The molecule has 136 valence electrons. The third kappa shape index (κ3) is 6.80. The van der Waals surface area contributed by atoms with Crippen molar-refractivity contribution in [1.82, 2.24) is 4.90 Å². The van der Waals surface area contributed by atoms with Crippen LogP contribution in [-0.2, 0) is 9.53 Å². The molecule has 0 radical (unpaired) electrons. The van der Waals surface area contributed by atoms with E-state index in [1.165, 1.54) is 38.8 Å². The topological polar surface area (TPSA) is 55.6 Å². The van der Waals surface area contributed by atoms with Gasteiger partial charge in [-0.1, -0.05) is 33.6 Å². The van der Waals surface area contributed by atoms with Crippen LogP contribution < -0.4 is 5.73 Å². The van der Waals surface area contributed by atoms with E-state index in [4.69, 9.17) is 10.5 Å². The van der Waals surface area contributed by atoms with Crippen LogP contribution in [0.3, 0.4) is 0 Å². The van der Waals surface area contributed by atoms with E-state index in [9.17, 15) is 4.79 Å². The molecule has 4 nitrogen and oxygen atoms in total. The summed E-state index contributed by atoms with van der Waals surface area (Å²) in [6, 6.07) is -0.490. The number of hydrogen-bond acceptors (Lipinski definition) is 4. The van der Waals surface area contributed by atoms with Gasteiger partial charge in [-0.05, 0) is 63.5 Å². The summed E-state index contributed by atoms with van der Waals surface area (Å²) in [6.45, 7) is 12.5. The molecule has 1 fully saturated rings. The summed E-state index contributed by atoms with van der Waals surface area (Å²) in [5.41, 5.74) is 6.31. The van der Waals surface area contributed by atoms with Crippen molar-refractivity contribution in [2.24, 2.45) is 17.1 Å². The first-order chi connectivity index (χ1) is 11.0. The highest BCUT2D eigenvalue weighted by atomic mass is 16.5. The van der Waals surface area contributed by atoms with Crippen molar-refractivity contribution in [3.05, 3.63) is 0 Å². The molecule has 4 heteroatoms. The lowest BCUT2D eigenvalue weighted by Crippen LogP contribution is -2.46. The molecule has 0 amide bonds. The van der Waals surface area contributed by atoms with Gasteiger partial charge in [0.1, 0.15) is 6.04 Å². The lowest BCUT2D eigenvalue weighted by atomic mass is 9.74. The molecule has 2 unspecified atom stereocenters. The Bertz CT molecular complexity index is 340. The second-order valence-corrected chi connectivity index (χ2v) is 7.48. The summed E-state index contributed by atoms with van der Waals surface area (Å²) in [6.07, 6.45) is 7.94. The molecule has 0 bridgehead atoms. The van der Waals surface area contributed by atoms with Gasteiger partial charge < -0.3 is 15.4 Å². The highest BCUT2D eigenvalue weighted by Gasteiger charge is 2.35. The number of esters is 1. The van der Waals surface area contributed by atoms with Gasteiger partial charge in [0.25, 0.3) is 0 Å². The molecule has 0 aromatic heterocycles. The Kier molecular flexibility index (Phi) is 9.15. The summed E-state index contributed by atoms with van der Waals surface area (Å²) in [4.78, 5) is 14.6. The average molecular weight is 327 g/mol. The average Bonchev–Trinajstić information content (AvgIpc) is 2.55. The van der Waals surface area contributed by atoms with E-state index < -0.39 is 6.04 Å². The lowest BCUT2D eigenvalue weighted by Gasteiger charge is -2.41. The number of nitrogens with two attached hydrogens (primary N) is 1. The molecular weight excluding hydrogens is 288 g/mol. The van der Waals surface area contributed by atoms with Gasteiger partial charge in [0, 0.05) is 6.54 Å². The number of rotatable bonds is 10. The zero-order valence-electron chi connectivity index (χ0n) is 15.8. The minimum absolute atomic E-state index is 0.142. The highest BCUT2D eigenvalue weighted by molar-refractivity contribution is 5.75. The number of ether oxygens (including phenoxy) is 1. The maximum absolute atomic E-state index is 12.0. The number of hydrogen-bond donors (Lipinski definition) is 1. The lowest BCUT2D eigenvalue weighted by molar-refractivity contribution is -0.145. The predicted molar refractivity (Wildman–Crippen MR) is 96.3 cm³/mol. The van der Waals surface area contributed by atoms with Crippen LogP contribution in [0.5, 0.6) is 0 Å². The Labute approximate surface area is 143 Å². The number of nitrogens with zero attached hydrogens (tertiary/aromatic N) is 1. The molecule has 1 aliphatic rings. The molecular formula is C19H38N2O2. The molecule has 1 heterocycles. The molecule has 1 saturated heterocycles. The third-order valence-corrected chi connectivity index (χ3v) is 5.49. The van der Waals surface area contributed by atoms with Crippen molar-refractivity contribution < 1.29 is 9.53 Å². The van der Waals surface area contributed by atoms with Crippen LogP contribution in [0.25, 0.3) is 0 Å². The molecule has 2 atom stereocenters. The van der Waals surface area contributed by atoms with Gasteiger partial charge in [-0.15, -0.1) is 0 Å². The number of piperidine rings is 1. The summed E-state index contributed by atoms with van der Waals surface area (Å²) in [7, 11) is 0. The van der Waals surface area contributed by atoms with E-state index in [0.29, 0.717) is 6.61 Å². The van der Waals surface area contributed by atoms with Crippen molar-refractivity contribution in [2.75, 3.05) is 26.2 Å². The Hall–Kier alpha value is -0.610. The minimum atomic E-state index is -0.490. The van der Waals surface area contributed by atoms with Crippen LogP contribution in [0, 0.1) is 11.3 Å². The van der Waals surface area contributed by atoms with Crippen LogP contribution in [0.15, 0.2) is 0 Å². The first kappa shape index (κ1) is 20.4. The summed E-state index contributed by atoms with van der Waals surface area (Å²) < 4.78 is 5.13. The maximum Gasteiger partial charge on any atom is 0.322 e. The van der Waals surface area contributed by atoms with Crippen molar-refractivity contribution >= 4 is 5.97 Å². The molecule has 23 heavy (non-hydrogen) atoms. The van der Waals surface area contributed by atoms with Crippen LogP contribution in [0.1, 0.15) is 72.6 Å². The van der Waals surface area contributed by atoms with Gasteiger partial charge in [0.05, 0.1) is 6.61 Å². The van der Waals surface area contributed by atoms with Crippen molar-refractivity contribution in [3.63, 3.8) is 0 Å². The second-order valence-electron chi connectivity index (χ2n) is 7.48. The maximum atomic E-state index is 12.0. The minimum Gasteiger partial charge on any atom is -0.465 e. The van der Waals surface area contributed by atoms with Gasteiger partial charge in [-0.3, -0.25) is 4.79 Å². The fraction of sp³-hybridized carbons (Fsp3) is 0.947. The molecule has 0 aromatic carbocycles. The highest BCUT2D eigenvalue weighted by Crippen LogP contribution is 2.36. The van der Waals surface area contributed by atoms with Gasteiger partial charge >= 0.3 is 5.97 Å². The van der Waals surface area contributed by atoms with Crippen molar-refractivity contribution in [3.8, 4) is 0 Å². The molecule has 0 aliphatic carbocycles. The number of carbonyl (C=O) groups is 1. The predicted octanol–water partition coefficient (Wildman–Crippen LogP) is 3.59. The Morgan fingerprint density at radius 3 is 2.48 bits per heavy atom. The standard InChI is InChI=1S/C19H38N2O2/c1-5-8-11-19(6-2,14-17(20)18(22)23-7-3)15-21-12-9-16(4)10-13-21/h16-17H,5-15,20H2,1-4H3. The SMILES string of the molecule is CCCCC(CC)(CC(N)C(=O)OCC)CN1CCC(C)CC1. The molecule has 0 aromatic rings. The van der Waals surface area contributed by atoms with E-state index in [1.807, 2.05) is 6.92 Å². The summed E-state index contributed by atoms with van der Waals surface area (Å²) >= 11 is 0. The first-order valence-electron chi connectivity index (χ1n) is 9.61. The fourth-order valence-corrected chi connectivity index (χ4v) is 3.72. The van der Waals surface area contributed by atoms with Crippen LogP contribution in [-0.4, -0.2) is 43.2 Å². The zero-order valence-corrected chi connectivity index (χ0v) is 15.8. The molecule has 0 spiro atoms. The van der Waals surface area contributed by atoms with Gasteiger partial charge in [0.15, 0.2) is 0 Å². The van der Waals surface area contributed by atoms with Crippen molar-refractivity contribution in [2.45, 2.75) is 78.7 Å². The van der Waals surface area contributed by atoms with E-state index in [-0.39, 0.29) is 11.4 Å². The zero-order chi connectivity index (χ0) is 17.3. The van der Waals surface area contributed by atoms with Crippen LogP contribution in [0.2, 0.25) is 0 Å². The van der Waals surface area contributed by atoms with Gasteiger partial charge in [0.2, 0.25) is 0 Å². The summed E-state index contributed by atoms with van der Waals surface area (Å²) in [5, 5.41) is 0. The van der Waals surface area contributed by atoms with E-state index in [2.05, 4.69) is 25.7 Å². The monoisotopic (exact) mass is 326 g/mol. The second kappa shape index (κ2) is 10.3. The third-order valence-electron chi connectivity index (χ3n) is 5.49. The van der Waals surface area contributed by atoms with Gasteiger partial charge in [-0.2, -0.15) is 0 Å². The van der Waals surface area contributed by atoms with E-state index in [0.717, 1.165) is 31.7 Å². The Morgan fingerprint density at radius 2 is 1.96 bits per heavy atom. The quantitative estimate of drug-likeness (QED) is 0.623. The number of carbonyl (C=O) groups excluding carboxylic acids is 1. The first-order valence-corrected chi connectivity index (χ1v) is 9.61. The fourth-order valence-electron chi connectivity index (χ4n) is 3.72. The molecule has 0 saturated carbocycles. The van der Waals surface area contributed by atoms with Crippen molar-refractivity contribution in [1.29, 1.82) is 0 Å². The molecule has 1 rings (SSSR count). The smallest absolute Gasteiger partial charge is 0.322 e. The number of unbranched alkanes of at least 4 members (excludes halogenated alkanes) is 1. The van der Waals surface area contributed by atoms with E-state index >= 15 is 0 Å². The molecule has 1 aliphatic heterocycles. The Balaban J connectivity index is 2.73. The van der Waals surface area contributed by atoms with Crippen LogP contribution >= 0.6 is 0 Å². The van der Waals surface area contributed by atoms with E-state index in [1.54, 1.807) is 0 Å². The number of likely N-dealkylation sites (tertiary alicyclic amines) is 1. The Morgan fingerprint density at radius 1 is 1.30 bits per heavy atom. The summed E-state index contributed by atoms with van der Waals surface area (Å²) in [5.74, 6) is 0.605. The molecule has 2 N–H and O–H groups in total. The largest absolute Gasteiger partial charge is 0.465 e. The van der Waals surface area contributed by atoms with Gasteiger partial charge in [-0.25, -0.2) is 0 Å². The normalized spacial score (nSPS) is 20.9. The van der Waals surface area contributed by atoms with Crippen LogP contribution in [0.4, 0.5) is 0 Å².